The van der Waals surface area contributed by atoms with Crippen molar-refractivity contribution in [3.63, 3.8) is 0 Å². The van der Waals surface area contributed by atoms with Crippen molar-refractivity contribution >= 4 is 39.2 Å². The third kappa shape index (κ3) is 3.49. The average Bonchev–Trinajstić information content (AvgIpc) is 3.18. The van der Waals surface area contributed by atoms with Crippen molar-refractivity contribution in [2.45, 2.75) is 52.9 Å². The molecule has 1 aliphatic carbocycles. The molecule has 2 aromatic heterocycles. The number of fused-ring (bicyclic) bond motifs is 2. The molecular formula is C20H25N3OS2. The normalized spacial score (nSPS) is 17.3. The molecule has 0 bridgehead atoms. The van der Waals surface area contributed by atoms with Gasteiger partial charge in [0.15, 0.2) is 15.9 Å². The first kappa shape index (κ1) is 17.9. The van der Waals surface area contributed by atoms with Crippen molar-refractivity contribution in [2.24, 2.45) is 5.92 Å². The van der Waals surface area contributed by atoms with E-state index in [0.29, 0.717) is 17.3 Å². The Balaban J connectivity index is 1.65. The number of Topliss-reactive ketones (excluding diaryl/α,β-unsaturated/α-hetero) is 1. The quantitative estimate of drug-likeness (QED) is 0.682. The molecule has 0 saturated carbocycles. The van der Waals surface area contributed by atoms with E-state index in [1.165, 1.54) is 21.7 Å². The van der Waals surface area contributed by atoms with Crippen LogP contribution in [0.25, 0.3) is 5.57 Å². The molecule has 4 nitrogen and oxygen atoms in total. The van der Waals surface area contributed by atoms with Gasteiger partial charge >= 0.3 is 0 Å². The van der Waals surface area contributed by atoms with Crippen LogP contribution in [0.4, 0.5) is 5.13 Å². The maximum Gasteiger partial charge on any atom is 0.191 e. The number of aromatic nitrogens is 2. The van der Waals surface area contributed by atoms with E-state index in [-0.39, 0.29) is 5.78 Å². The summed E-state index contributed by atoms with van der Waals surface area (Å²) in [6, 6.07) is 0. The van der Waals surface area contributed by atoms with Gasteiger partial charge in [0.2, 0.25) is 0 Å². The van der Waals surface area contributed by atoms with E-state index in [4.69, 9.17) is 4.98 Å². The van der Waals surface area contributed by atoms with E-state index in [0.717, 1.165) is 43.2 Å². The van der Waals surface area contributed by atoms with Crippen LogP contribution < -0.4 is 4.90 Å². The molecule has 0 saturated heterocycles. The Hall–Kier alpha value is -1.53. The molecule has 0 amide bonds. The van der Waals surface area contributed by atoms with Gasteiger partial charge in [-0.3, -0.25) is 4.79 Å². The number of ketones is 1. The fraction of sp³-hybridized carbons (Fsp3) is 0.550. The zero-order valence-corrected chi connectivity index (χ0v) is 17.3. The van der Waals surface area contributed by atoms with Crippen molar-refractivity contribution < 1.29 is 4.79 Å². The summed E-state index contributed by atoms with van der Waals surface area (Å²) in [7, 11) is 0. The van der Waals surface area contributed by atoms with Gasteiger partial charge in [-0.05, 0) is 44.1 Å². The van der Waals surface area contributed by atoms with Crippen LogP contribution in [-0.2, 0) is 6.42 Å². The number of thiazole rings is 2. The predicted octanol–water partition coefficient (Wildman–Crippen LogP) is 5.14. The van der Waals surface area contributed by atoms with Gasteiger partial charge in [-0.1, -0.05) is 19.4 Å². The molecule has 0 spiro atoms. The van der Waals surface area contributed by atoms with Gasteiger partial charge < -0.3 is 4.90 Å². The SMILES string of the molecule is Cc1cnc(N2CCC3=C(C2)c2sc(C(=O)CC(C)C)nc2CCC3)s1. The molecule has 0 N–H and O–H groups in total. The lowest BCUT2D eigenvalue weighted by Gasteiger charge is -2.30. The van der Waals surface area contributed by atoms with Crippen LogP contribution in [-0.4, -0.2) is 28.8 Å². The van der Waals surface area contributed by atoms with Crippen LogP contribution in [0.1, 0.15) is 64.8 Å². The molecular weight excluding hydrogens is 362 g/mol. The molecule has 0 aromatic carbocycles. The number of aryl methyl sites for hydroxylation is 2. The van der Waals surface area contributed by atoms with E-state index in [1.807, 2.05) is 6.20 Å². The van der Waals surface area contributed by atoms with Crippen LogP contribution in [0.3, 0.4) is 0 Å². The minimum absolute atomic E-state index is 0.198. The first-order valence-electron chi connectivity index (χ1n) is 9.43. The lowest BCUT2D eigenvalue weighted by molar-refractivity contribution is 0.0967. The van der Waals surface area contributed by atoms with Crippen LogP contribution in [0.5, 0.6) is 0 Å². The van der Waals surface area contributed by atoms with Gasteiger partial charge in [-0.15, -0.1) is 22.7 Å². The first-order valence-corrected chi connectivity index (χ1v) is 11.1. The van der Waals surface area contributed by atoms with Gasteiger partial charge in [-0.25, -0.2) is 9.97 Å². The molecule has 0 atom stereocenters. The number of carbonyl (C=O) groups is 1. The molecule has 26 heavy (non-hydrogen) atoms. The molecule has 3 heterocycles. The second-order valence-corrected chi connectivity index (χ2v) is 9.89. The Morgan fingerprint density at radius 3 is 2.85 bits per heavy atom. The molecule has 2 aliphatic rings. The highest BCUT2D eigenvalue weighted by molar-refractivity contribution is 7.15. The number of carbonyl (C=O) groups excluding carboxylic acids is 1. The highest BCUT2D eigenvalue weighted by Crippen LogP contribution is 2.40. The van der Waals surface area contributed by atoms with E-state index in [2.05, 4.69) is 30.7 Å². The Morgan fingerprint density at radius 2 is 2.12 bits per heavy atom. The van der Waals surface area contributed by atoms with Gasteiger partial charge in [0.25, 0.3) is 0 Å². The Bertz CT molecular complexity index is 862. The molecule has 6 heteroatoms. The summed E-state index contributed by atoms with van der Waals surface area (Å²) in [4.78, 5) is 26.8. The van der Waals surface area contributed by atoms with Crippen molar-refractivity contribution in [1.82, 2.24) is 9.97 Å². The van der Waals surface area contributed by atoms with Gasteiger partial charge in [0.1, 0.15) is 0 Å². The van der Waals surface area contributed by atoms with E-state index in [9.17, 15) is 4.79 Å². The van der Waals surface area contributed by atoms with E-state index < -0.39 is 0 Å². The standard InChI is InChI=1S/C20H25N3OS2/c1-12(2)9-17(24)19-22-16-6-4-5-14-7-8-23(11-15(14)18(16)26-19)20-21-10-13(3)25-20/h10,12H,4-9,11H2,1-3H3. The van der Waals surface area contributed by atoms with Gasteiger partial charge in [0, 0.05) is 30.6 Å². The van der Waals surface area contributed by atoms with Crippen molar-refractivity contribution in [3.05, 3.63) is 32.2 Å². The maximum absolute atomic E-state index is 12.5. The lowest BCUT2D eigenvalue weighted by atomic mass is 9.97. The summed E-state index contributed by atoms with van der Waals surface area (Å²) >= 11 is 3.39. The first-order chi connectivity index (χ1) is 12.5. The number of hydrogen-bond donors (Lipinski definition) is 0. The number of hydrogen-bond acceptors (Lipinski definition) is 6. The summed E-state index contributed by atoms with van der Waals surface area (Å²) in [6.45, 7) is 8.22. The van der Waals surface area contributed by atoms with Gasteiger partial charge in [0.05, 0.1) is 10.6 Å². The molecule has 4 rings (SSSR count). The fourth-order valence-electron chi connectivity index (χ4n) is 3.77. The Morgan fingerprint density at radius 1 is 1.27 bits per heavy atom. The smallest absolute Gasteiger partial charge is 0.191 e. The second kappa shape index (κ2) is 7.24. The Labute approximate surface area is 163 Å². The summed E-state index contributed by atoms with van der Waals surface area (Å²) in [5.74, 6) is 0.572. The van der Waals surface area contributed by atoms with Crippen molar-refractivity contribution in [3.8, 4) is 0 Å². The lowest BCUT2D eigenvalue weighted by Crippen LogP contribution is -2.30. The summed E-state index contributed by atoms with van der Waals surface area (Å²) < 4.78 is 0. The molecule has 0 unspecified atom stereocenters. The Kier molecular flexibility index (Phi) is 4.97. The zero-order chi connectivity index (χ0) is 18.3. The van der Waals surface area contributed by atoms with Gasteiger partial charge in [-0.2, -0.15) is 0 Å². The van der Waals surface area contributed by atoms with Crippen LogP contribution >= 0.6 is 22.7 Å². The monoisotopic (exact) mass is 387 g/mol. The topological polar surface area (TPSA) is 46.1 Å². The maximum atomic E-state index is 12.5. The number of anilines is 1. The third-order valence-corrected chi connectivity index (χ3v) is 7.21. The highest BCUT2D eigenvalue weighted by atomic mass is 32.1. The molecule has 1 aliphatic heterocycles. The summed E-state index contributed by atoms with van der Waals surface area (Å²) in [5, 5.41) is 1.82. The molecule has 0 radical (unpaired) electrons. The average molecular weight is 388 g/mol. The van der Waals surface area contributed by atoms with Crippen molar-refractivity contribution in [2.75, 3.05) is 18.0 Å². The van der Waals surface area contributed by atoms with Crippen LogP contribution in [0.15, 0.2) is 11.8 Å². The van der Waals surface area contributed by atoms with E-state index in [1.54, 1.807) is 28.2 Å². The summed E-state index contributed by atoms with van der Waals surface area (Å²) in [6.07, 6.45) is 6.94. The second-order valence-electron chi connectivity index (χ2n) is 7.68. The molecule has 2 aromatic rings. The van der Waals surface area contributed by atoms with Crippen LogP contribution in [0, 0.1) is 12.8 Å². The predicted molar refractivity (Wildman–Crippen MR) is 109 cm³/mol. The largest absolute Gasteiger partial charge is 0.343 e. The zero-order valence-electron chi connectivity index (χ0n) is 15.7. The molecule has 0 fully saturated rings. The minimum Gasteiger partial charge on any atom is -0.343 e. The summed E-state index contributed by atoms with van der Waals surface area (Å²) in [5.41, 5.74) is 4.13. The number of nitrogens with zero attached hydrogens (tertiary/aromatic N) is 3. The van der Waals surface area contributed by atoms with Crippen molar-refractivity contribution in [1.29, 1.82) is 0 Å². The number of rotatable bonds is 4. The fourth-order valence-corrected chi connectivity index (χ4v) is 5.69. The van der Waals surface area contributed by atoms with E-state index >= 15 is 0 Å². The highest BCUT2D eigenvalue weighted by Gasteiger charge is 2.28. The third-order valence-electron chi connectivity index (χ3n) is 5.03. The minimum atomic E-state index is 0.198. The van der Waals surface area contributed by atoms with Crippen LogP contribution in [0.2, 0.25) is 0 Å². The molecule has 138 valence electrons.